The van der Waals surface area contributed by atoms with Crippen LogP contribution in [0.1, 0.15) is 22.6 Å². The summed E-state index contributed by atoms with van der Waals surface area (Å²) in [6, 6.07) is 11.9. The maximum absolute atomic E-state index is 13.2. The molecule has 34 heavy (non-hydrogen) atoms. The molecule has 1 N–H and O–H groups in total. The zero-order valence-electron chi connectivity index (χ0n) is 19.0. The van der Waals surface area contributed by atoms with Crippen LogP contribution in [0.3, 0.4) is 0 Å². The van der Waals surface area contributed by atoms with Gasteiger partial charge in [0.15, 0.2) is 5.65 Å². The smallest absolute Gasteiger partial charge is 0.246 e. The lowest BCUT2D eigenvalue weighted by Crippen LogP contribution is -2.20. The maximum Gasteiger partial charge on any atom is 0.246 e. The third-order valence-corrected chi connectivity index (χ3v) is 5.78. The number of halogens is 1. The highest BCUT2D eigenvalue weighted by Crippen LogP contribution is 2.30. The van der Waals surface area contributed by atoms with Gasteiger partial charge in [0.05, 0.1) is 41.0 Å². The van der Waals surface area contributed by atoms with Crippen LogP contribution < -0.4 is 5.32 Å². The van der Waals surface area contributed by atoms with E-state index in [1.165, 1.54) is 12.1 Å². The summed E-state index contributed by atoms with van der Waals surface area (Å²) in [4.78, 5) is 17.4. The zero-order chi connectivity index (χ0) is 23.8. The molecule has 8 nitrogen and oxygen atoms in total. The fourth-order valence-electron chi connectivity index (χ4n) is 4.14. The van der Waals surface area contributed by atoms with E-state index in [1.807, 2.05) is 39.0 Å². The molecule has 0 aliphatic carbocycles. The third-order valence-electron chi connectivity index (χ3n) is 5.78. The number of nitrogens with zero attached hydrogens (tertiary/aromatic N) is 5. The Balaban J connectivity index is 1.37. The van der Waals surface area contributed by atoms with Gasteiger partial charge in [0.1, 0.15) is 18.1 Å². The number of nitrogens with one attached hydrogen (secondary N) is 1. The summed E-state index contributed by atoms with van der Waals surface area (Å²) in [5, 5.41) is 12.9. The van der Waals surface area contributed by atoms with Gasteiger partial charge in [-0.05, 0) is 56.7 Å². The quantitative estimate of drug-likeness (QED) is 0.400. The van der Waals surface area contributed by atoms with Crippen molar-refractivity contribution in [3.63, 3.8) is 0 Å². The van der Waals surface area contributed by atoms with E-state index in [0.29, 0.717) is 23.6 Å². The lowest BCUT2D eigenvalue weighted by atomic mass is 10.1. The van der Waals surface area contributed by atoms with Crippen LogP contribution in [0.15, 0.2) is 59.3 Å². The Morgan fingerprint density at radius 3 is 2.53 bits per heavy atom. The van der Waals surface area contributed by atoms with Crippen molar-refractivity contribution in [3.05, 3.63) is 83.4 Å². The Labute approximate surface area is 195 Å². The summed E-state index contributed by atoms with van der Waals surface area (Å²) >= 11 is 0. The molecule has 172 valence electrons. The molecule has 0 atom stereocenters. The predicted octanol–water partition coefficient (Wildman–Crippen LogP) is 4.64. The normalized spacial score (nSPS) is 11.3. The highest BCUT2D eigenvalue weighted by molar-refractivity contribution is 5.95. The summed E-state index contributed by atoms with van der Waals surface area (Å²) in [6.45, 7) is 6.10. The molecule has 0 unspecified atom stereocenters. The van der Waals surface area contributed by atoms with Crippen LogP contribution in [-0.2, 0) is 17.9 Å². The third kappa shape index (κ3) is 3.96. The fraction of sp³-hybridized carbons (Fsp3) is 0.200. The van der Waals surface area contributed by atoms with Crippen LogP contribution in [-0.4, -0.2) is 30.5 Å². The zero-order valence-corrected chi connectivity index (χ0v) is 19.0. The Bertz CT molecular complexity index is 1480. The highest BCUT2D eigenvalue weighted by Gasteiger charge is 2.19. The summed E-state index contributed by atoms with van der Waals surface area (Å²) < 4.78 is 22.2. The number of hydrogen-bond donors (Lipinski definition) is 1. The summed E-state index contributed by atoms with van der Waals surface area (Å²) in [7, 11) is 0. The van der Waals surface area contributed by atoms with E-state index >= 15 is 0 Å². The van der Waals surface area contributed by atoms with Crippen molar-refractivity contribution in [2.75, 3.05) is 5.32 Å². The monoisotopic (exact) mass is 458 g/mol. The molecule has 1 amide bonds. The number of aromatic nitrogens is 5. The van der Waals surface area contributed by atoms with Gasteiger partial charge >= 0.3 is 0 Å². The van der Waals surface area contributed by atoms with Gasteiger partial charge in [-0.15, -0.1) is 0 Å². The van der Waals surface area contributed by atoms with Gasteiger partial charge in [-0.25, -0.2) is 14.1 Å². The molecule has 0 fully saturated rings. The molecule has 0 spiro atoms. The lowest BCUT2D eigenvalue weighted by molar-refractivity contribution is -0.116. The molecule has 0 saturated carbocycles. The second-order valence-electron chi connectivity index (χ2n) is 8.16. The first-order chi connectivity index (χ1) is 16.4. The largest absolute Gasteiger partial charge is 0.464 e. The van der Waals surface area contributed by atoms with E-state index in [4.69, 9.17) is 4.42 Å². The number of carbonyl (C=O) groups is 1. The standard InChI is InChI=1S/C25H23FN6O2/c1-15-23-20(21-5-4-12-34-21)10-11-27-25(23)32(29-15)14-22(33)28-24-16(2)30-31(17(24)3)13-18-6-8-19(26)9-7-18/h4-12H,13-14H2,1-3H3,(H,28,33). The predicted molar refractivity (Wildman–Crippen MR) is 126 cm³/mol. The molecular formula is C25H23FN6O2. The SMILES string of the molecule is Cc1nn(Cc2ccc(F)cc2)c(C)c1NC(=O)Cn1nc(C)c2c(-c3ccco3)ccnc21. The molecule has 0 bridgehead atoms. The molecule has 1 aromatic carbocycles. The van der Waals surface area contributed by atoms with E-state index in [2.05, 4.69) is 20.5 Å². The number of hydrogen-bond acceptors (Lipinski definition) is 5. The van der Waals surface area contributed by atoms with Gasteiger partial charge in [-0.3, -0.25) is 9.48 Å². The molecule has 5 rings (SSSR count). The molecule has 0 aliphatic rings. The van der Waals surface area contributed by atoms with Crippen molar-refractivity contribution in [2.45, 2.75) is 33.9 Å². The van der Waals surface area contributed by atoms with Gasteiger partial charge in [-0.2, -0.15) is 10.2 Å². The molecule has 0 aliphatic heterocycles. The molecule has 0 radical (unpaired) electrons. The summed E-state index contributed by atoms with van der Waals surface area (Å²) in [5.74, 6) is 0.207. The van der Waals surface area contributed by atoms with E-state index in [1.54, 1.807) is 34.0 Å². The van der Waals surface area contributed by atoms with Gasteiger partial charge < -0.3 is 9.73 Å². The number of furan rings is 1. The first kappa shape index (κ1) is 21.6. The van der Waals surface area contributed by atoms with E-state index < -0.39 is 0 Å². The van der Waals surface area contributed by atoms with Crippen molar-refractivity contribution >= 4 is 22.6 Å². The number of amides is 1. The minimum absolute atomic E-state index is 0.000963. The fourth-order valence-corrected chi connectivity index (χ4v) is 4.14. The van der Waals surface area contributed by atoms with Crippen molar-refractivity contribution in [1.29, 1.82) is 0 Å². The number of anilines is 1. The Morgan fingerprint density at radius 2 is 1.79 bits per heavy atom. The molecule has 5 aromatic rings. The molecular weight excluding hydrogens is 435 g/mol. The van der Waals surface area contributed by atoms with Gasteiger partial charge in [0.2, 0.25) is 5.91 Å². The highest BCUT2D eigenvalue weighted by atomic mass is 19.1. The molecule has 9 heteroatoms. The summed E-state index contributed by atoms with van der Waals surface area (Å²) in [6.07, 6.45) is 3.30. The maximum atomic E-state index is 13.2. The van der Waals surface area contributed by atoms with Crippen molar-refractivity contribution < 1.29 is 13.6 Å². The number of rotatable bonds is 6. The lowest BCUT2D eigenvalue weighted by Gasteiger charge is -2.08. The van der Waals surface area contributed by atoms with Crippen LogP contribution in [0.25, 0.3) is 22.4 Å². The average molecular weight is 458 g/mol. The summed E-state index contributed by atoms with van der Waals surface area (Å²) in [5.41, 5.74) is 5.35. The second-order valence-corrected chi connectivity index (χ2v) is 8.16. The van der Waals surface area contributed by atoms with Gasteiger partial charge in [-0.1, -0.05) is 12.1 Å². The van der Waals surface area contributed by atoms with Crippen LogP contribution in [0.4, 0.5) is 10.1 Å². The Hall–Kier alpha value is -4.27. The number of benzene rings is 1. The van der Waals surface area contributed by atoms with Crippen molar-refractivity contribution in [2.24, 2.45) is 0 Å². The molecule has 0 saturated heterocycles. The van der Waals surface area contributed by atoms with Gasteiger partial charge in [0.25, 0.3) is 0 Å². The Kier molecular flexibility index (Phi) is 5.45. The minimum atomic E-state index is -0.280. The van der Waals surface area contributed by atoms with E-state index in [-0.39, 0.29) is 18.3 Å². The van der Waals surface area contributed by atoms with E-state index in [0.717, 1.165) is 33.7 Å². The average Bonchev–Trinajstić information content (AvgIpc) is 3.52. The first-order valence-corrected chi connectivity index (χ1v) is 10.8. The topological polar surface area (TPSA) is 90.8 Å². The number of pyridine rings is 1. The number of fused-ring (bicyclic) bond motifs is 1. The van der Waals surface area contributed by atoms with E-state index in [9.17, 15) is 9.18 Å². The van der Waals surface area contributed by atoms with Crippen LogP contribution in [0, 0.1) is 26.6 Å². The van der Waals surface area contributed by atoms with Crippen molar-refractivity contribution in [1.82, 2.24) is 24.5 Å². The van der Waals surface area contributed by atoms with Crippen LogP contribution >= 0.6 is 0 Å². The number of carbonyl (C=O) groups excluding carboxylic acids is 1. The second kappa shape index (κ2) is 8.58. The first-order valence-electron chi connectivity index (χ1n) is 10.8. The van der Waals surface area contributed by atoms with Crippen LogP contribution in [0.2, 0.25) is 0 Å². The van der Waals surface area contributed by atoms with Crippen LogP contribution in [0.5, 0.6) is 0 Å². The Morgan fingerprint density at radius 1 is 1.03 bits per heavy atom. The number of aryl methyl sites for hydroxylation is 2. The van der Waals surface area contributed by atoms with Gasteiger partial charge in [0, 0.05) is 11.8 Å². The molecule has 4 heterocycles. The minimum Gasteiger partial charge on any atom is -0.464 e. The van der Waals surface area contributed by atoms with Crippen molar-refractivity contribution in [3.8, 4) is 11.3 Å². The molecule has 4 aromatic heterocycles.